The number of unbranched alkanes of at least 4 members (excludes halogenated alkanes) is 2. The molecule has 1 rings (SSSR count). The Morgan fingerprint density at radius 2 is 1.88 bits per heavy atom. The lowest BCUT2D eigenvalue weighted by atomic mass is 9.86. The van der Waals surface area contributed by atoms with Crippen molar-refractivity contribution in [3.05, 3.63) is 0 Å². The Morgan fingerprint density at radius 1 is 1.19 bits per heavy atom. The summed E-state index contributed by atoms with van der Waals surface area (Å²) >= 11 is 0. The Hall–Kier alpha value is -0.110. The van der Waals surface area contributed by atoms with Gasteiger partial charge in [-0.1, -0.05) is 45.4 Å². The van der Waals surface area contributed by atoms with Gasteiger partial charge in [0.25, 0.3) is 0 Å². The van der Waals surface area contributed by atoms with Gasteiger partial charge in [0.2, 0.25) is 0 Å². The lowest BCUT2D eigenvalue weighted by Crippen LogP contribution is -2.41. The van der Waals surface area contributed by atoms with E-state index < -0.39 is 5.67 Å². The molecular formula is C14H28FN. The van der Waals surface area contributed by atoms with Crippen LogP contribution < -0.4 is 5.32 Å². The van der Waals surface area contributed by atoms with E-state index in [4.69, 9.17) is 0 Å². The van der Waals surface area contributed by atoms with Crippen molar-refractivity contribution in [2.24, 2.45) is 0 Å². The highest BCUT2D eigenvalue weighted by Gasteiger charge is 2.31. The number of hydrogen-bond acceptors (Lipinski definition) is 1. The van der Waals surface area contributed by atoms with Crippen LogP contribution in [0.15, 0.2) is 0 Å². The van der Waals surface area contributed by atoms with Gasteiger partial charge >= 0.3 is 0 Å². The van der Waals surface area contributed by atoms with Crippen LogP contribution in [0.25, 0.3) is 0 Å². The van der Waals surface area contributed by atoms with Gasteiger partial charge in [0.05, 0.1) is 0 Å². The van der Waals surface area contributed by atoms with E-state index in [2.05, 4.69) is 19.2 Å². The van der Waals surface area contributed by atoms with E-state index in [1.165, 1.54) is 32.1 Å². The molecule has 1 fully saturated rings. The molecule has 0 aromatic rings. The molecule has 2 heteroatoms. The fourth-order valence-electron chi connectivity index (χ4n) is 2.52. The molecule has 0 spiro atoms. The number of halogens is 1. The maximum atomic E-state index is 14.3. The lowest BCUT2D eigenvalue weighted by molar-refractivity contribution is 0.102. The molecular weight excluding hydrogens is 201 g/mol. The third kappa shape index (κ3) is 5.29. The highest BCUT2D eigenvalue weighted by Crippen LogP contribution is 2.31. The normalized spacial score (nSPS) is 21.9. The second-order valence-corrected chi connectivity index (χ2v) is 5.49. The van der Waals surface area contributed by atoms with Gasteiger partial charge in [0, 0.05) is 12.6 Å². The predicted molar refractivity (Wildman–Crippen MR) is 68.5 cm³/mol. The van der Waals surface area contributed by atoms with Crippen LogP contribution >= 0.6 is 0 Å². The molecule has 1 saturated carbocycles. The summed E-state index contributed by atoms with van der Waals surface area (Å²) in [5.41, 5.74) is -0.905. The first-order valence-corrected chi connectivity index (χ1v) is 7.08. The summed E-state index contributed by atoms with van der Waals surface area (Å²) in [6, 6.07) is 0.473. The van der Waals surface area contributed by atoms with Crippen LogP contribution in [-0.4, -0.2) is 18.3 Å². The molecule has 1 aliphatic carbocycles. The summed E-state index contributed by atoms with van der Waals surface area (Å²) in [5, 5.41) is 3.38. The summed E-state index contributed by atoms with van der Waals surface area (Å²) in [6.45, 7) is 4.97. The molecule has 0 amide bonds. The number of hydrogen-bond donors (Lipinski definition) is 1. The Bertz CT molecular complexity index is 176. The van der Waals surface area contributed by atoms with Gasteiger partial charge in [-0.15, -0.1) is 0 Å². The average molecular weight is 229 g/mol. The van der Waals surface area contributed by atoms with Gasteiger partial charge in [-0.2, -0.15) is 0 Å². The monoisotopic (exact) mass is 229 g/mol. The van der Waals surface area contributed by atoms with Gasteiger partial charge in [-0.3, -0.25) is 0 Å². The standard InChI is InChI=1S/C14H28FN/c1-3-4-6-9-13(2)16-12-14(15)10-7-5-8-11-14/h13,16H,3-12H2,1-2H3. The van der Waals surface area contributed by atoms with E-state index in [-0.39, 0.29) is 0 Å². The van der Waals surface area contributed by atoms with Gasteiger partial charge in [0.1, 0.15) is 5.67 Å². The SMILES string of the molecule is CCCCCC(C)NCC1(F)CCCCC1. The number of alkyl halides is 1. The first kappa shape index (κ1) is 14.0. The van der Waals surface area contributed by atoms with Crippen molar-refractivity contribution in [1.29, 1.82) is 0 Å². The minimum Gasteiger partial charge on any atom is -0.311 e. The maximum Gasteiger partial charge on any atom is 0.123 e. The molecule has 96 valence electrons. The van der Waals surface area contributed by atoms with Crippen LogP contribution in [0.3, 0.4) is 0 Å². The van der Waals surface area contributed by atoms with Crippen molar-refractivity contribution < 1.29 is 4.39 Å². The average Bonchev–Trinajstić information content (AvgIpc) is 2.28. The third-order valence-electron chi connectivity index (χ3n) is 3.76. The fourth-order valence-corrected chi connectivity index (χ4v) is 2.52. The minimum atomic E-state index is -0.905. The Balaban J connectivity index is 2.12. The van der Waals surface area contributed by atoms with Crippen molar-refractivity contribution in [2.45, 2.75) is 83.3 Å². The van der Waals surface area contributed by atoms with E-state index in [1.54, 1.807) is 0 Å². The number of nitrogens with one attached hydrogen (secondary N) is 1. The summed E-state index contributed by atoms with van der Waals surface area (Å²) in [5.74, 6) is 0. The third-order valence-corrected chi connectivity index (χ3v) is 3.76. The predicted octanol–water partition coefficient (Wildman–Crippen LogP) is 4.22. The zero-order chi connectivity index (χ0) is 11.9. The van der Waals surface area contributed by atoms with E-state index >= 15 is 0 Å². The molecule has 16 heavy (non-hydrogen) atoms. The quantitative estimate of drug-likeness (QED) is 0.645. The molecule has 1 unspecified atom stereocenters. The lowest BCUT2D eigenvalue weighted by Gasteiger charge is -2.31. The van der Waals surface area contributed by atoms with Crippen LogP contribution in [0.5, 0.6) is 0 Å². The smallest absolute Gasteiger partial charge is 0.123 e. The van der Waals surface area contributed by atoms with Crippen molar-refractivity contribution in [2.75, 3.05) is 6.54 Å². The van der Waals surface area contributed by atoms with Crippen molar-refractivity contribution in [3.8, 4) is 0 Å². The molecule has 0 saturated heterocycles. The Kier molecular flexibility index (Phi) is 6.33. The molecule has 1 aliphatic rings. The van der Waals surface area contributed by atoms with Crippen LogP contribution in [-0.2, 0) is 0 Å². The molecule has 0 bridgehead atoms. The molecule has 1 N–H and O–H groups in total. The van der Waals surface area contributed by atoms with Gasteiger partial charge < -0.3 is 5.32 Å². The molecule has 1 nitrogen and oxygen atoms in total. The second-order valence-electron chi connectivity index (χ2n) is 5.49. The molecule has 1 atom stereocenters. The van der Waals surface area contributed by atoms with Crippen molar-refractivity contribution in [1.82, 2.24) is 5.32 Å². The fraction of sp³-hybridized carbons (Fsp3) is 1.00. The largest absolute Gasteiger partial charge is 0.311 e. The summed E-state index contributed by atoms with van der Waals surface area (Å²) in [6.07, 6.45) is 9.91. The van der Waals surface area contributed by atoms with Crippen molar-refractivity contribution in [3.63, 3.8) is 0 Å². The molecule has 0 radical (unpaired) electrons. The Morgan fingerprint density at radius 3 is 2.50 bits per heavy atom. The summed E-state index contributed by atoms with van der Waals surface area (Å²) < 4.78 is 14.3. The summed E-state index contributed by atoms with van der Waals surface area (Å²) in [4.78, 5) is 0. The topological polar surface area (TPSA) is 12.0 Å². The first-order chi connectivity index (χ1) is 7.66. The van der Waals surface area contributed by atoms with Crippen LogP contribution in [0.2, 0.25) is 0 Å². The molecule has 0 heterocycles. The highest BCUT2D eigenvalue weighted by molar-refractivity contribution is 4.85. The zero-order valence-corrected chi connectivity index (χ0v) is 11.0. The van der Waals surface area contributed by atoms with E-state index in [9.17, 15) is 4.39 Å². The van der Waals surface area contributed by atoms with E-state index in [0.717, 1.165) is 25.7 Å². The van der Waals surface area contributed by atoms with Crippen LogP contribution in [0, 0.1) is 0 Å². The molecule has 0 aliphatic heterocycles. The Labute approximate surface area is 100 Å². The number of rotatable bonds is 7. The van der Waals surface area contributed by atoms with Gasteiger partial charge in [0.15, 0.2) is 0 Å². The second kappa shape index (κ2) is 7.26. The summed E-state index contributed by atoms with van der Waals surface area (Å²) in [7, 11) is 0. The minimum absolute atomic E-state index is 0.473. The van der Waals surface area contributed by atoms with Gasteiger partial charge in [-0.05, 0) is 26.2 Å². The zero-order valence-electron chi connectivity index (χ0n) is 11.0. The van der Waals surface area contributed by atoms with Crippen LogP contribution in [0.4, 0.5) is 4.39 Å². The van der Waals surface area contributed by atoms with Gasteiger partial charge in [-0.25, -0.2) is 4.39 Å². The van der Waals surface area contributed by atoms with E-state index in [1.807, 2.05) is 0 Å². The first-order valence-electron chi connectivity index (χ1n) is 7.08. The molecule has 0 aromatic carbocycles. The highest BCUT2D eigenvalue weighted by atomic mass is 19.1. The van der Waals surface area contributed by atoms with Crippen LogP contribution in [0.1, 0.15) is 71.6 Å². The van der Waals surface area contributed by atoms with Crippen molar-refractivity contribution >= 4 is 0 Å². The van der Waals surface area contributed by atoms with E-state index in [0.29, 0.717) is 12.6 Å². The molecule has 0 aromatic heterocycles. The maximum absolute atomic E-state index is 14.3.